The third-order valence-electron chi connectivity index (χ3n) is 3.68. The maximum atomic E-state index is 12.1. The summed E-state index contributed by atoms with van der Waals surface area (Å²) in [4.78, 5) is 24.7. The molecule has 138 valence electrons. The molecule has 28 heavy (non-hydrogen) atoms. The lowest BCUT2D eigenvalue weighted by atomic mass is 10.2. The van der Waals surface area contributed by atoms with E-state index in [0.29, 0.717) is 5.75 Å². The number of rotatable bonds is 6. The van der Waals surface area contributed by atoms with Crippen LogP contribution in [-0.2, 0) is 9.59 Å². The Morgan fingerprint density at radius 3 is 1.79 bits per heavy atom. The number of hydrogen-bond acceptors (Lipinski definition) is 4. The van der Waals surface area contributed by atoms with Crippen molar-refractivity contribution < 1.29 is 14.3 Å². The van der Waals surface area contributed by atoms with Gasteiger partial charge < -0.3 is 4.74 Å². The van der Waals surface area contributed by atoms with Crippen LogP contribution in [0.15, 0.2) is 102 Å². The monoisotopic (exact) mass is 386 g/mol. The fourth-order valence-electron chi connectivity index (χ4n) is 2.33. The van der Waals surface area contributed by atoms with E-state index < -0.39 is 5.97 Å². The minimum Gasteiger partial charge on any atom is -0.423 e. The standard InChI is InChI=1S/C24H18O3S/c25-23(17-11-19-7-3-1-4-8-19)27-21-13-15-22(16-14-21)28-24(26)18-12-20-9-5-2-6-10-20/h1-18H/b17-11+,18-12+. The predicted octanol–water partition coefficient (Wildman–Crippen LogP) is 5.64. The molecule has 3 nitrogen and oxygen atoms in total. The quantitative estimate of drug-likeness (QED) is 0.238. The Morgan fingerprint density at radius 1 is 0.679 bits per heavy atom. The second-order valence-electron chi connectivity index (χ2n) is 5.80. The van der Waals surface area contributed by atoms with Crippen LogP contribution in [0.1, 0.15) is 11.1 Å². The van der Waals surface area contributed by atoms with E-state index in [1.807, 2.05) is 60.7 Å². The molecule has 0 N–H and O–H groups in total. The molecule has 4 heteroatoms. The number of hydrogen-bond donors (Lipinski definition) is 0. The molecule has 0 aliphatic rings. The van der Waals surface area contributed by atoms with Gasteiger partial charge in [0.1, 0.15) is 5.75 Å². The lowest BCUT2D eigenvalue weighted by Gasteiger charge is -2.03. The molecule has 0 bridgehead atoms. The van der Waals surface area contributed by atoms with Gasteiger partial charge in [0.05, 0.1) is 0 Å². The van der Waals surface area contributed by atoms with Crippen molar-refractivity contribution in [3.8, 4) is 5.75 Å². The van der Waals surface area contributed by atoms with Crippen molar-refractivity contribution in [2.45, 2.75) is 4.90 Å². The number of ether oxygens (including phenoxy) is 1. The first kappa shape index (κ1) is 19.4. The molecular formula is C24H18O3S. The molecule has 0 aliphatic heterocycles. The molecule has 0 aromatic heterocycles. The Hall–Kier alpha value is -3.37. The highest BCUT2D eigenvalue weighted by molar-refractivity contribution is 8.14. The van der Waals surface area contributed by atoms with E-state index in [2.05, 4.69) is 0 Å². The summed E-state index contributed by atoms with van der Waals surface area (Å²) in [6, 6.07) is 26.0. The maximum Gasteiger partial charge on any atom is 0.336 e. The van der Waals surface area contributed by atoms with Gasteiger partial charge in [-0.3, -0.25) is 4.79 Å². The summed E-state index contributed by atoms with van der Waals surface area (Å²) in [5.74, 6) is -0.0227. The van der Waals surface area contributed by atoms with Gasteiger partial charge in [0.15, 0.2) is 0 Å². The van der Waals surface area contributed by atoms with E-state index in [4.69, 9.17) is 4.74 Å². The Labute approximate surface area is 168 Å². The van der Waals surface area contributed by atoms with Crippen molar-refractivity contribution in [1.82, 2.24) is 0 Å². The summed E-state index contributed by atoms with van der Waals surface area (Å²) in [6.07, 6.45) is 6.41. The Bertz CT molecular complexity index is 893. The summed E-state index contributed by atoms with van der Waals surface area (Å²) in [5, 5.41) is -0.0700. The molecule has 3 aromatic carbocycles. The Balaban J connectivity index is 1.51. The number of esters is 1. The summed E-state index contributed by atoms with van der Waals surface area (Å²) < 4.78 is 5.27. The molecule has 3 rings (SSSR count). The Morgan fingerprint density at radius 2 is 1.21 bits per heavy atom. The molecular weight excluding hydrogens is 368 g/mol. The summed E-state index contributed by atoms with van der Waals surface area (Å²) >= 11 is 1.12. The largest absolute Gasteiger partial charge is 0.423 e. The first-order valence-electron chi connectivity index (χ1n) is 8.69. The highest BCUT2D eigenvalue weighted by Gasteiger charge is 2.04. The first-order chi connectivity index (χ1) is 13.7. The highest BCUT2D eigenvalue weighted by Crippen LogP contribution is 2.23. The lowest BCUT2D eigenvalue weighted by molar-refractivity contribution is -0.128. The van der Waals surface area contributed by atoms with Gasteiger partial charge in [-0.25, -0.2) is 4.79 Å². The van der Waals surface area contributed by atoms with Crippen LogP contribution in [0.3, 0.4) is 0 Å². The molecule has 0 saturated heterocycles. The number of carbonyl (C=O) groups is 2. The van der Waals surface area contributed by atoms with Crippen LogP contribution in [0, 0.1) is 0 Å². The third-order valence-corrected chi connectivity index (χ3v) is 4.53. The van der Waals surface area contributed by atoms with Gasteiger partial charge in [-0.1, -0.05) is 66.7 Å². The SMILES string of the molecule is O=C(/C=C/c1ccccc1)Oc1ccc(SC(=O)/C=C/c2ccccc2)cc1. The minimum atomic E-state index is -0.453. The zero-order valence-electron chi connectivity index (χ0n) is 15.0. The van der Waals surface area contributed by atoms with E-state index in [0.717, 1.165) is 27.8 Å². The predicted molar refractivity (Wildman–Crippen MR) is 114 cm³/mol. The topological polar surface area (TPSA) is 43.4 Å². The fraction of sp³-hybridized carbons (Fsp3) is 0. The summed E-state index contributed by atoms with van der Waals surface area (Å²) in [6.45, 7) is 0. The van der Waals surface area contributed by atoms with Crippen LogP contribution in [0.4, 0.5) is 0 Å². The van der Waals surface area contributed by atoms with Crippen LogP contribution in [0.5, 0.6) is 5.75 Å². The molecule has 3 aromatic rings. The van der Waals surface area contributed by atoms with Gasteiger partial charge in [-0.2, -0.15) is 0 Å². The van der Waals surface area contributed by atoms with Crippen LogP contribution >= 0.6 is 11.8 Å². The zero-order valence-corrected chi connectivity index (χ0v) is 15.8. The van der Waals surface area contributed by atoms with E-state index in [9.17, 15) is 9.59 Å². The van der Waals surface area contributed by atoms with Crippen LogP contribution in [0.25, 0.3) is 12.2 Å². The van der Waals surface area contributed by atoms with Crippen molar-refractivity contribution in [3.05, 3.63) is 108 Å². The maximum absolute atomic E-state index is 12.1. The van der Waals surface area contributed by atoms with E-state index in [1.54, 1.807) is 42.5 Å². The molecule has 0 radical (unpaired) electrons. The lowest BCUT2D eigenvalue weighted by Crippen LogP contribution is -2.03. The molecule has 0 amide bonds. The van der Waals surface area contributed by atoms with Crippen molar-refractivity contribution in [3.63, 3.8) is 0 Å². The van der Waals surface area contributed by atoms with E-state index in [-0.39, 0.29) is 5.12 Å². The average Bonchev–Trinajstić information content (AvgIpc) is 2.74. The molecule has 0 saturated carbocycles. The average molecular weight is 386 g/mol. The van der Waals surface area contributed by atoms with Crippen molar-refractivity contribution in [1.29, 1.82) is 0 Å². The van der Waals surface area contributed by atoms with E-state index in [1.165, 1.54) is 6.08 Å². The summed E-state index contributed by atoms with van der Waals surface area (Å²) in [7, 11) is 0. The first-order valence-corrected chi connectivity index (χ1v) is 9.51. The molecule has 0 heterocycles. The minimum absolute atomic E-state index is 0.0700. The second kappa shape index (κ2) is 10.1. The smallest absolute Gasteiger partial charge is 0.336 e. The summed E-state index contributed by atoms with van der Waals surface area (Å²) in [5.41, 5.74) is 1.90. The van der Waals surface area contributed by atoms with Gasteiger partial charge in [0.2, 0.25) is 5.12 Å². The zero-order chi connectivity index (χ0) is 19.6. The van der Waals surface area contributed by atoms with Crippen molar-refractivity contribution >= 4 is 35.0 Å². The molecule has 0 spiro atoms. The van der Waals surface area contributed by atoms with E-state index >= 15 is 0 Å². The number of carbonyl (C=O) groups excluding carboxylic acids is 2. The second-order valence-corrected chi connectivity index (χ2v) is 6.88. The van der Waals surface area contributed by atoms with Gasteiger partial charge in [0, 0.05) is 11.0 Å². The van der Waals surface area contributed by atoms with Crippen LogP contribution < -0.4 is 4.74 Å². The molecule has 0 unspecified atom stereocenters. The third kappa shape index (κ3) is 6.41. The molecule has 0 atom stereocenters. The Kier molecular flexibility index (Phi) is 6.99. The van der Waals surface area contributed by atoms with Gasteiger partial charge >= 0.3 is 5.97 Å². The van der Waals surface area contributed by atoms with Gasteiger partial charge in [-0.15, -0.1) is 0 Å². The van der Waals surface area contributed by atoms with Gasteiger partial charge in [0.25, 0.3) is 0 Å². The fourth-order valence-corrected chi connectivity index (χ4v) is 2.97. The normalized spacial score (nSPS) is 11.0. The van der Waals surface area contributed by atoms with Crippen LogP contribution in [0.2, 0.25) is 0 Å². The number of benzene rings is 3. The van der Waals surface area contributed by atoms with Crippen molar-refractivity contribution in [2.75, 3.05) is 0 Å². The highest BCUT2D eigenvalue weighted by atomic mass is 32.2. The molecule has 0 fully saturated rings. The van der Waals surface area contributed by atoms with Gasteiger partial charge in [-0.05, 0) is 59.3 Å². The van der Waals surface area contributed by atoms with Crippen LogP contribution in [-0.4, -0.2) is 11.1 Å². The van der Waals surface area contributed by atoms with Crippen molar-refractivity contribution in [2.24, 2.45) is 0 Å². The number of thioether (sulfide) groups is 1. The molecule has 0 aliphatic carbocycles.